The Morgan fingerprint density at radius 1 is 1.30 bits per heavy atom. The maximum Gasteiger partial charge on any atom is 0.433 e. The Kier molecular flexibility index (Phi) is 5.29. The van der Waals surface area contributed by atoms with Crippen LogP contribution in [0.5, 0.6) is 11.5 Å². The molecule has 23 heavy (non-hydrogen) atoms. The number of nitro groups is 1. The molecule has 0 aliphatic heterocycles. The van der Waals surface area contributed by atoms with Gasteiger partial charge in [-0.3, -0.25) is 14.9 Å². The summed E-state index contributed by atoms with van der Waals surface area (Å²) in [7, 11) is 1.55. The van der Waals surface area contributed by atoms with E-state index in [4.69, 9.17) is 13.9 Å². The van der Waals surface area contributed by atoms with Crippen molar-refractivity contribution in [1.82, 2.24) is 5.43 Å². The summed E-state index contributed by atoms with van der Waals surface area (Å²) < 4.78 is 15.1. The topological polar surface area (TPSA) is 116 Å². The average Bonchev–Trinajstić information content (AvgIpc) is 3.02. The lowest BCUT2D eigenvalue weighted by molar-refractivity contribution is -0.402. The van der Waals surface area contributed by atoms with Crippen LogP contribution in [0.3, 0.4) is 0 Å². The molecule has 0 spiro atoms. The molecule has 1 aromatic carbocycles. The Hall–Kier alpha value is -3.36. The minimum Gasteiger partial charge on any atom is -0.497 e. The smallest absolute Gasteiger partial charge is 0.433 e. The zero-order chi connectivity index (χ0) is 16.7. The Morgan fingerprint density at radius 2 is 2.00 bits per heavy atom. The summed E-state index contributed by atoms with van der Waals surface area (Å²) in [5.41, 5.74) is 2.21. The number of nitrogens with one attached hydrogen (secondary N) is 1. The van der Waals surface area contributed by atoms with Crippen molar-refractivity contribution in [2.45, 2.75) is 0 Å². The van der Waals surface area contributed by atoms with Crippen molar-refractivity contribution >= 4 is 18.0 Å². The zero-order valence-corrected chi connectivity index (χ0v) is 12.1. The lowest BCUT2D eigenvalue weighted by atomic mass is 10.3. The minimum atomic E-state index is -0.668. The molecule has 1 aromatic heterocycles. The van der Waals surface area contributed by atoms with Gasteiger partial charge in [0.1, 0.15) is 16.4 Å². The molecule has 0 saturated carbocycles. The van der Waals surface area contributed by atoms with Crippen LogP contribution < -0.4 is 14.9 Å². The molecule has 2 rings (SSSR count). The molecule has 0 atom stereocenters. The number of hydrogen-bond acceptors (Lipinski definition) is 7. The summed E-state index contributed by atoms with van der Waals surface area (Å²) in [5, 5.41) is 14.0. The molecule has 9 heteroatoms. The minimum absolute atomic E-state index is 0.146. The van der Waals surface area contributed by atoms with Crippen molar-refractivity contribution in [2.24, 2.45) is 5.10 Å². The Bertz CT molecular complexity index is 708. The van der Waals surface area contributed by atoms with E-state index in [0.717, 1.165) is 6.21 Å². The summed E-state index contributed by atoms with van der Waals surface area (Å²) in [6.45, 7) is -0.234. The molecule has 120 valence electrons. The number of carbonyl (C=O) groups is 1. The fourth-order valence-electron chi connectivity index (χ4n) is 1.53. The summed E-state index contributed by atoms with van der Waals surface area (Å²) >= 11 is 0. The molecule has 0 fully saturated rings. The molecule has 2 aromatic rings. The van der Waals surface area contributed by atoms with Crippen LogP contribution in [0.2, 0.25) is 0 Å². The van der Waals surface area contributed by atoms with Gasteiger partial charge < -0.3 is 13.9 Å². The van der Waals surface area contributed by atoms with Crippen LogP contribution >= 0.6 is 0 Å². The van der Waals surface area contributed by atoms with Gasteiger partial charge in [0.25, 0.3) is 5.91 Å². The highest BCUT2D eigenvalue weighted by Gasteiger charge is 2.10. The molecule has 9 nitrogen and oxygen atoms in total. The number of hydrogen-bond donors (Lipinski definition) is 1. The highest BCUT2D eigenvalue weighted by atomic mass is 16.6. The SMILES string of the molecule is COc1ccc(OCC(=O)NN=Cc2ccc([N+](=O)[O-])o2)cc1. The van der Waals surface area contributed by atoms with E-state index >= 15 is 0 Å². The first-order valence-electron chi connectivity index (χ1n) is 6.41. The fourth-order valence-corrected chi connectivity index (χ4v) is 1.53. The third-order valence-electron chi connectivity index (χ3n) is 2.60. The Balaban J connectivity index is 1.77. The van der Waals surface area contributed by atoms with Gasteiger partial charge in [-0.1, -0.05) is 0 Å². The van der Waals surface area contributed by atoms with E-state index in [9.17, 15) is 14.9 Å². The predicted molar refractivity (Wildman–Crippen MR) is 79.6 cm³/mol. The lowest BCUT2D eigenvalue weighted by Gasteiger charge is -2.05. The summed E-state index contributed by atoms with van der Waals surface area (Å²) in [4.78, 5) is 21.3. The molecule has 0 aliphatic carbocycles. The monoisotopic (exact) mass is 319 g/mol. The second-order valence-electron chi connectivity index (χ2n) is 4.19. The average molecular weight is 319 g/mol. The van der Waals surface area contributed by atoms with E-state index in [0.29, 0.717) is 11.5 Å². The molecule has 0 bridgehead atoms. The molecule has 0 saturated heterocycles. The van der Waals surface area contributed by atoms with Crippen LogP contribution in [0.1, 0.15) is 5.76 Å². The van der Waals surface area contributed by atoms with Gasteiger partial charge in [-0.05, 0) is 30.3 Å². The van der Waals surface area contributed by atoms with Crippen LogP contribution in [0.25, 0.3) is 0 Å². The van der Waals surface area contributed by atoms with Crippen LogP contribution in [-0.2, 0) is 4.79 Å². The number of methoxy groups -OCH3 is 1. The second-order valence-corrected chi connectivity index (χ2v) is 4.19. The van der Waals surface area contributed by atoms with E-state index in [2.05, 4.69) is 10.5 Å². The second kappa shape index (κ2) is 7.59. The Labute approximate surface area is 130 Å². The molecular formula is C14H13N3O6. The number of benzene rings is 1. The normalized spacial score (nSPS) is 10.5. The van der Waals surface area contributed by atoms with Gasteiger partial charge in [0.15, 0.2) is 12.4 Å². The number of ether oxygens (including phenoxy) is 2. The fraction of sp³-hybridized carbons (Fsp3) is 0.143. The lowest BCUT2D eigenvalue weighted by Crippen LogP contribution is -2.24. The molecule has 0 aliphatic rings. The largest absolute Gasteiger partial charge is 0.497 e. The molecule has 0 radical (unpaired) electrons. The summed E-state index contributed by atoms with van der Waals surface area (Å²) in [6, 6.07) is 9.29. The van der Waals surface area contributed by atoms with Crippen molar-refractivity contribution in [2.75, 3.05) is 13.7 Å². The van der Waals surface area contributed by atoms with E-state index in [1.165, 1.54) is 12.1 Å². The van der Waals surface area contributed by atoms with Crippen molar-refractivity contribution in [3.63, 3.8) is 0 Å². The number of carbonyl (C=O) groups excluding carboxylic acids is 1. The molecule has 1 N–H and O–H groups in total. The number of nitrogens with zero attached hydrogens (tertiary/aromatic N) is 2. The van der Waals surface area contributed by atoms with Crippen LogP contribution in [0, 0.1) is 10.1 Å². The molecule has 1 heterocycles. The Morgan fingerprint density at radius 3 is 2.61 bits per heavy atom. The van der Waals surface area contributed by atoms with Crippen molar-refractivity contribution < 1.29 is 23.6 Å². The number of rotatable bonds is 7. The molecule has 0 unspecified atom stereocenters. The molecule has 1 amide bonds. The number of furan rings is 1. The van der Waals surface area contributed by atoms with Crippen LogP contribution in [-0.4, -0.2) is 30.8 Å². The van der Waals surface area contributed by atoms with Crippen molar-refractivity contribution in [3.05, 3.63) is 52.3 Å². The van der Waals surface area contributed by atoms with Gasteiger partial charge >= 0.3 is 5.88 Å². The maximum absolute atomic E-state index is 11.5. The number of amides is 1. The van der Waals surface area contributed by atoms with Crippen LogP contribution in [0.15, 0.2) is 45.9 Å². The van der Waals surface area contributed by atoms with Crippen LogP contribution in [0.4, 0.5) is 5.88 Å². The zero-order valence-electron chi connectivity index (χ0n) is 12.1. The molecular weight excluding hydrogens is 306 g/mol. The van der Waals surface area contributed by atoms with Gasteiger partial charge in [-0.15, -0.1) is 0 Å². The van der Waals surface area contributed by atoms with Gasteiger partial charge in [0, 0.05) is 0 Å². The maximum atomic E-state index is 11.5. The first-order valence-corrected chi connectivity index (χ1v) is 6.41. The highest BCUT2D eigenvalue weighted by Crippen LogP contribution is 2.16. The van der Waals surface area contributed by atoms with E-state index in [1.54, 1.807) is 31.4 Å². The van der Waals surface area contributed by atoms with E-state index < -0.39 is 16.7 Å². The highest BCUT2D eigenvalue weighted by molar-refractivity contribution is 5.81. The van der Waals surface area contributed by atoms with Gasteiger partial charge in [-0.2, -0.15) is 5.10 Å². The van der Waals surface area contributed by atoms with E-state index in [-0.39, 0.29) is 12.4 Å². The predicted octanol–water partition coefficient (Wildman–Crippen LogP) is 1.73. The van der Waals surface area contributed by atoms with Gasteiger partial charge in [-0.25, -0.2) is 5.43 Å². The van der Waals surface area contributed by atoms with Gasteiger partial charge in [0.05, 0.1) is 19.4 Å². The first kappa shape index (κ1) is 16.0. The first-order chi connectivity index (χ1) is 11.1. The third-order valence-corrected chi connectivity index (χ3v) is 2.60. The third kappa shape index (κ3) is 4.84. The summed E-state index contributed by atoms with van der Waals surface area (Å²) in [5.74, 6) is 0.442. The standard InChI is InChI=1S/C14H13N3O6/c1-21-10-2-4-11(5-3-10)22-9-13(18)16-15-8-12-6-7-14(23-12)17(19)20/h2-8H,9H2,1H3,(H,16,18). The van der Waals surface area contributed by atoms with Gasteiger partial charge in [0.2, 0.25) is 0 Å². The number of hydrazone groups is 1. The van der Waals surface area contributed by atoms with Crippen molar-refractivity contribution in [1.29, 1.82) is 0 Å². The van der Waals surface area contributed by atoms with E-state index in [1.807, 2.05) is 0 Å². The summed E-state index contributed by atoms with van der Waals surface area (Å²) in [6.07, 6.45) is 1.15. The quantitative estimate of drug-likeness (QED) is 0.472. The van der Waals surface area contributed by atoms with Crippen molar-refractivity contribution in [3.8, 4) is 11.5 Å².